The first-order valence-electron chi connectivity index (χ1n) is 8.90. The number of amides is 1. The number of benzene rings is 1. The number of nitrogens with one attached hydrogen (secondary N) is 1. The van der Waals surface area contributed by atoms with Crippen molar-refractivity contribution in [3.8, 4) is 5.69 Å². The summed E-state index contributed by atoms with van der Waals surface area (Å²) in [5.41, 5.74) is 3.91. The number of hydrogen-bond donors (Lipinski definition) is 1. The van der Waals surface area contributed by atoms with E-state index in [1.807, 2.05) is 54.2 Å². The molecule has 0 fully saturated rings. The Morgan fingerprint density at radius 3 is 2.88 bits per heavy atom. The maximum absolute atomic E-state index is 12.7. The summed E-state index contributed by atoms with van der Waals surface area (Å²) in [5.74, 6) is -0.114. The number of aromatic nitrogens is 2. The molecule has 1 aliphatic heterocycles. The van der Waals surface area contributed by atoms with Crippen LogP contribution in [0.25, 0.3) is 5.69 Å². The normalized spacial score (nSPS) is 14.2. The van der Waals surface area contributed by atoms with Gasteiger partial charge in [0.05, 0.1) is 5.69 Å². The van der Waals surface area contributed by atoms with E-state index in [9.17, 15) is 4.79 Å². The molecule has 26 heavy (non-hydrogen) atoms. The fourth-order valence-electron chi connectivity index (χ4n) is 3.26. The summed E-state index contributed by atoms with van der Waals surface area (Å²) in [6.45, 7) is 7.24. The van der Waals surface area contributed by atoms with Gasteiger partial charge < -0.3 is 4.57 Å². The number of aryl methyl sites for hydroxylation is 1. The van der Waals surface area contributed by atoms with Gasteiger partial charge in [-0.15, -0.1) is 11.3 Å². The highest BCUT2D eigenvalue weighted by Crippen LogP contribution is 2.28. The monoisotopic (exact) mass is 366 g/mol. The molecule has 5 nitrogen and oxygen atoms in total. The number of anilines is 1. The van der Waals surface area contributed by atoms with Crippen molar-refractivity contribution in [2.24, 2.45) is 0 Å². The Morgan fingerprint density at radius 1 is 1.31 bits per heavy atom. The Labute approximate surface area is 157 Å². The lowest BCUT2D eigenvalue weighted by atomic mass is 10.1. The number of hydrogen-bond acceptors (Lipinski definition) is 4. The van der Waals surface area contributed by atoms with E-state index in [0.717, 1.165) is 43.0 Å². The number of nitrogens with zero attached hydrogens (tertiary/aromatic N) is 3. The first-order chi connectivity index (χ1) is 12.6. The van der Waals surface area contributed by atoms with Gasteiger partial charge >= 0.3 is 0 Å². The molecular weight excluding hydrogens is 344 g/mol. The molecule has 0 saturated heterocycles. The number of carbonyl (C=O) groups excluding carboxylic acids is 1. The molecule has 0 aliphatic carbocycles. The molecule has 0 radical (unpaired) electrons. The predicted molar refractivity (Wildman–Crippen MR) is 105 cm³/mol. The van der Waals surface area contributed by atoms with Crippen molar-refractivity contribution < 1.29 is 4.79 Å². The summed E-state index contributed by atoms with van der Waals surface area (Å²) < 4.78 is 2.02. The maximum Gasteiger partial charge on any atom is 0.257 e. The van der Waals surface area contributed by atoms with Gasteiger partial charge in [0.15, 0.2) is 5.13 Å². The van der Waals surface area contributed by atoms with Crippen LogP contribution in [0.3, 0.4) is 0 Å². The average molecular weight is 366 g/mol. The van der Waals surface area contributed by atoms with Gasteiger partial charge in [-0.25, -0.2) is 4.98 Å². The van der Waals surface area contributed by atoms with Crippen molar-refractivity contribution in [1.29, 1.82) is 0 Å². The van der Waals surface area contributed by atoms with E-state index in [2.05, 4.69) is 22.1 Å². The number of rotatable bonds is 4. The Balaban J connectivity index is 1.54. The first kappa shape index (κ1) is 17.0. The standard InChI is InChI=1S/C20H22N4OS/c1-3-23-11-8-16-18(13-23)26-20(21-16)22-19(25)15-7-6-14(2)17(12-15)24-9-4-5-10-24/h4-7,9-10,12H,3,8,11,13H2,1-2H3,(H,21,22,25). The molecule has 1 aromatic carbocycles. The Morgan fingerprint density at radius 2 is 2.12 bits per heavy atom. The molecule has 0 atom stereocenters. The average Bonchev–Trinajstić information content (AvgIpc) is 3.30. The molecule has 0 spiro atoms. The summed E-state index contributed by atoms with van der Waals surface area (Å²) in [6.07, 6.45) is 4.93. The minimum absolute atomic E-state index is 0.114. The molecular formula is C20H22N4OS. The lowest BCUT2D eigenvalue weighted by molar-refractivity contribution is 0.102. The van der Waals surface area contributed by atoms with Crippen LogP contribution in [-0.4, -0.2) is 33.4 Å². The third-order valence-corrected chi connectivity index (χ3v) is 5.83. The topological polar surface area (TPSA) is 50.2 Å². The third-order valence-electron chi connectivity index (χ3n) is 4.83. The van der Waals surface area contributed by atoms with Crippen LogP contribution in [0.2, 0.25) is 0 Å². The van der Waals surface area contributed by atoms with Crippen LogP contribution in [0.15, 0.2) is 42.7 Å². The molecule has 2 aromatic heterocycles. The highest BCUT2D eigenvalue weighted by molar-refractivity contribution is 7.15. The van der Waals surface area contributed by atoms with E-state index in [0.29, 0.717) is 10.7 Å². The zero-order valence-corrected chi connectivity index (χ0v) is 15.8. The molecule has 1 aliphatic rings. The van der Waals surface area contributed by atoms with E-state index < -0.39 is 0 Å². The van der Waals surface area contributed by atoms with Crippen LogP contribution in [-0.2, 0) is 13.0 Å². The fourth-order valence-corrected chi connectivity index (χ4v) is 4.31. The largest absolute Gasteiger partial charge is 0.324 e. The van der Waals surface area contributed by atoms with E-state index in [4.69, 9.17) is 0 Å². The third kappa shape index (κ3) is 3.30. The lowest BCUT2D eigenvalue weighted by Crippen LogP contribution is -2.29. The van der Waals surface area contributed by atoms with Crippen LogP contribution >= 0.6 is 11.3 Å². The second-order valence-corrected chi connectivity index (χ2v) is 7.64. The second-order valence-electron chi connectivity index (χ2n) is 6.55. The Kier molecular flexibility index (Phi) is 4.61. The van der Waals surface area contributed by atoms with Gasteiger partial charge in [-0.3, -0.25) is 15.0 Å². The zero-order valence-electron chi connectivity index (χ0n) is 15.0. The van der Waals surface area contributed by atoms with E-state index in [-0.39, 0.29) is 5.91 Å². The summed E-state index contributed by atoms with van der Waals surface area (Å²) >= 11 is 1.59. The van der Waals surface area contributed by atoms with Gasteiger partial charge in [-0.1, -0.05) is 13.0 Å². The molecule has 1 amide bonds. The van der Waals surface area contributed by atoms with Crippen molar-refractivity contribution in [3.05, 3.63) is 64.4 Å². The van der Waals surface area contributed by atoms with Crippen LogP contribution < -0.4 is 5.32 Å². The maximum atomic E-state index is 12.7. The van der Waals surface area contributed by atoms with Gasteiger partial charge in [0.25, 0.3) is 5.91 Å². The van der Waals surface area contributed by atoms with E-state index in [1.54, 1.807) is 11.3 Å². The molecule has 1 N–H and O–H groups in total. The molecule has 0 bridgehead atoms. The van der Waals surface area contributed by atoms with Crippen LogP contribution in [0.5, 0.6) is 0 Å². The molecule has 0 unspecified atom stereocenters. The van der Waals surface area contributed by atoms with Crippen molar-refractivity contribution in [3.63, 3.8) is 0 Å². The van der Waals surface area contributed by atoms with Crippen molar-refractivity contribution in [2.45, 2.75) is 26.8 Å². The number of fused-ring (bicyclic) bond motifs is 1. The number of likely N-dealkylation sites (N-methyl/N-ethyl adjacent to an activating group) is 1. The van der Waals surface area contributed by atoms with E-state index >= 15 is 0 Å². The first-order valence-corrected chi connectivity index (χ1v) is 9.72. The van der Waals surface area contributed by atoms with Gasteiger partial charge in [0.2, 0.25) is 0 Å². The Hall–Kier alpha value is -2.44. The quantitative estimate of drug-likeness (QED) is 0.762. The van der Waals surface area contributed by atoms with Gasteiger partial charge in [-0.2, -0.15) is 0 Å². The molecule has 3 aromatic rings. The molecule has 3 heterocycles. The number of thiazole rings is 1. The molecule has 4 rings (SSSR count). The van der Waals surface area contributed by atoms with Gasteiger partial charge in [-0.05, 0) is 43.3 Å². The fraction of sp³-hybridized carbons (Fsp3) is 0.300. The highest BCUT2D eigenvalue weighted by Gasteiger charge is 2.20. The lowest BCUT2D eigenvalue weighted by Gasteiger charge is -2.23. The summed E-state index contributed by atoms with van der Waals surface area (Å²) in [7, 11) is 0. The van der Waals surface area contributed by atoms with Crippen molar-refractivity contribution in [1.82, 2.24) is 14.5 Å². The summed E-state index contributed by atoms with van der Waals surface area (Å²) in [6, 6.07) is 9.73. The van der Waals surface area contributed by atoms with Crippen LogP contribution in [0.4, 0.5) is 5.13 Å². The molecule has 0 saturated carbocycles. The molecule has 6 heteroatoms. The Bertz CT molecular complexity index is 929. The highest BCUT2D eigenvalue weighted by atomic mass is 32.1. The van der Waals surface area contributed by atoms with Crippen molar-refractivity contribution in [2.75, 3.05) is 18.4 Å². The van der Waals surface area contributed by atoms with E-state index in [1.165, 1.54) is 4.88 Å². The van der Waals surface area contributed by atoms with Gasteiger partial charge in [0.1, 0.15) is 0 Å². The predicted octanol–water partition coefficient (Wildman–Crippen LogP) is 3.87. The smallest absolute Gasteiger partial charge is 0.257 e. The van der Waals surface area contributed by atoms with Crippen LogP contribution in [0, 0.1) is 6.92 Å². The van der Waals surface area contributed by atoms with Crippen molar-refractivity contribution >= 4 is 22.4 Å². The molecule has 134 valence electrons. The number of carbonyl (C=O) groups is 1. The minimum Gasteiger partial charge on any atom is -0.324 e. The van der Waals surface area contributed by atoms with Crippen LogP contribution in [0.1, 0.15) is 33.4 Å². The zero-order chi connectivity index (χ0) is 18.1. The minimum atomic E-state index is -0.114. The van der Waals surface area contributed by atoms with Gasteiger partial charge in [0, 0.05) is 48.0 Å². The summed E-state index contributed by atoms with van der Waals surface area (Å²) in [5, 5.41) is 3.68. The second kappa shape index (κ2) is 7.05. The SMILES string of the molecule is CCN1CCc2nc(NC(=O)c3ccc(C)c(-n4cccc4)c3)sc2C1. The summed E-state index contributed by atoms with van der Waals surface area (Å²) in [4.78, 5) is 21.0.